The van der Waals surface area contributed by atoms with Crippen molar-refractivity contribution in [2.75, 3.05) is 6.54 Å². The van der Waals surface area contributed by atoms with Crippen molar-refractivity contribution in [3.8, 4) is 11.3 Å². The van der Waals surface area contributed by atoms with Crippen LogP contribution in [0.25, 0.3) is 16.2 Å². The van der Waals surface area contributed by atoms with E-state index in [-0.39, 0.29) is 23.9 Å². The lowest BCUT2D eigenvalue weighted by Gasteiger charge is -2.28. The molecule has 2 fully saturated rings. The summed E-state index contributed by atoms with van der Waals surface area (Å²) in [5.74, 6) is 0.891. The topological polar surface area (TPSA) is 92.5 Å². The van der Waals surface area contributed by atoms with Crippen LogP contribution in [0.1, 0.15) is 45.2 Å². The molecule has 1 saturated heterocycles. The molecular formula is C25H24N6O2S. The molecule has 1 N–H and O–H groups in total. The molecule has 0 radical (unpaired) electrons. The summed E-state index contributed by atoms with van der Waals surface area (Å²) < 4.78 is 1.82. The van der Waals surface area contributed by atoms with Gasteiger partial charge in [0, 0.05) is 35.9 Å². The van der Waals surface area contributed by atoms with Crippen molar-refractivity contribution in [3.05, 3.63) is 70.9 Å². The molecule has 0 bridgehead atoms. The predicted molar refractivity (Wildman–Crippen MR) is 129 cm³/mol. The number of hydrogen-bond acceptors (Lipinski definition) is 6. The van der Waals surface area contributed by atoms with E-state index in [0.29, 0.717) is 40.9 Å². The summed E-state index contributed by atoms with van der Waals surface area (Å²) in [6.07, 6.45) is 5.41. The molecule has 2 aliphatic rings. The van der Waals surface area contributed by atoms with E-state index >= 15 is 0 Å². The summed E-state index contributed by atoms with van der Waals surface area (Å²) in [4.78, 5) is 43.0. The summed E-state index contributed by atoms with van der Waals surface area (Å²) in [6, 6.07) is 9.90. The minimum Gasteiger partial charge on any atom is -0.349 e. The first-order valence-electron chi connectivity index (χ1n) is 11.4. The number of imidazole rings is 1. The molecule has 34 heavy (non-hydrogen) atoms. The molecule has 3 atom stereocenters. The second-order valence-corrected chi connectivity index (χ2v) is 9.90. The highest BCUT2D eigenvalue weighted by Crippen LogP contribution is 2.48. The van der Waals surface area contributed by atoms with Gasteiger partial charge in [0.2, 0.25) is 0 Å². The van der Waals surface area contributed by atoms with Gasteiger partial charge in [-0.25, -0.2) is 15.0 Å². The first-order chi connectivity index (χ1) is 16.5. The van der Waals surface area contributed by atoms with Crippen LogP contribution in [0, 0.1) is 19.8 Å². The van der Waals surface area contributed by atoms with Crippen molar-refractivity contribution >= 4 is 28.1 Å². The molecule has 6 rings (SSSR count). The highest BCUT2D eigenvalue weighted by atomic mass is 32.1. The first kappa shape index (κ1) is 21.0. The second-order valence-electron chi connectivity index (χ2n) is 9.02. The Hall–Kier alpha value is -3.59. The van der Waals surface area contributed by atoms with Gasteiger partial charge in [0.05, 0.1) is 23.0 Å². The minimum atomic E-state index is -0.167. The first-order valence-corrected chi connectivity index (χ1v) is 12.3. The van der Waals surface area contributed by atoms with Gasteiger partial charge in [-0.05, 0) is 32.6 Å². The number of carbonyl (C=O) groups is 2. The number of fused-ring (bicyclic) bond motifs is 2. The van der Waals surface area contributed by atoms with Crippen molar-refractivity contribution in [1.29, 1.82) is 0 Å². The Morgan fingerprint density at radius 3 is 2.79 bits per heavy atom. The molecule has 1 aromatic carbocycles. The van der Waals surface area contributed by atoms with Gasteiger partial charge in [-0.1, -0.05) is 30.3 Å². The molecule has 9 heteroatoms. The Morgan fingerprint density at radius 1 is 1.15 bits per heavy atom. The third-order valence-electron chi connectivity index (χ3n) is 6.78. The van der Waals surface area contributed by atoms with Crippen molar-refractivity contribution in [1.82, 2.24) is 29.6 Å². The van der Waals surface area contributed by atoms with Crippen LogP contribution >= 0.6 is 11.3 Å². The van der Waals surface area contributed by atoms with E-state index in [4.69, 9.17) is 0 Å². The van der Waals surface area contributed by atoms with Crippen molar-refractivity contribution in [2.24, 2.45) is 5.92 Å². The Morgan fingerprint density at radius 2 is 1.97 bits per heavy atom. The summed E-state index contributed by atoms with van der Waals surface area (Å²) in [7, 11) is 0. The Labute approximate surface area is 200 Å². The molecule has 3 aromatic heterocycles. The summed E-state index contributed by atoms with van der Waals surface area (Å²) >= 11 is 1.50. The van der Waals surface area contributed by atoms with Crippen LogP contribution in [0.2, 0.25) is 0 Å². The van der Waals surface area contributed by atoms with Gasteiger partial charge in [-0.15, -0.1) is 11.3 Å². The Balaban J connectivity index is 1.25. The largest absolute Gasteiger partial charge is 0.349 e. The maximum atomic E-state index is 13.8. The highest BCUT2D eigenvalue weighted by Gasteiger charge is 2.54. The van der Waals surface area contributed by atoms with Gasteiger partial charge in [0.25, 0.3) is 11.8 Å². The molecule has 172 valence electrons. The van der Waals surface area contributed by atoms with Crippen LogP contribution in [0.5, 0.6) is 0 Å². The molecule has 4 aromatic rings. The quantitative estimate of drug-likeness (QED) is 0.480. The molecule has 0 unspecified atom stereocenters. The van der Waals surface area contributed by atoms with Crippen LogP contribution in [0.4, 0.5) is 0 Å². The van der Waals surface area contributed by atoms with Gasteiger partial charge >= 0.3 is 0 Å². The fourth-order valence-electron chi connectivity index (χ4n) is 5.10. The van der Waals surface area contributed by atoms with Gasteiger partial charge in [-0.3, -0.25) is 14.0 Å². The SMILES string of the molecule is Cc1ncc(C(=O)N2[C@H](CNC(=O)c3c(C)nc4sccn34)C[C@@H]3C[C@@H]32)c(-c2ccccc2)n1. The zero-order valence-electron chi connectivity index (χ0n) is 18.9. The number of amides is 2. The summed E-state index contributed by atoms with van der Waals surface area (Å²) in [5, 5.41) is 4.98. The van der Waals surface area contributed by atoms with E-state index in [2.05, 4.69) is 20.3 Å². The fraction of sp³-hybridized carbons (Fsp3) is 0.320. The highest BCUT2D eigenvalue weighted by molar-refractivity contribution is 7.15. The monoisotopic (exact) mass is 472 g/mol. The smallest absolute Gasteiger partial charge is 0.270 e. The number of nitrogens with one attached hydrogen (secondary N) is 1. The van der Waals surface area contributed by atoms with E-state index < -0.39 is 0 Å². The van der Waals surface area contributed by atoms with Crippen LogP contribution in [0.15, 0.2) is 48.1 Å². The molecular weight excluding hydrogens is 448 g/mol. The lowest BCUT2D eigenvalue weighted by atomic mass is 10.0. The maximum absolute atomic E-state index is 13.8. The van der Waals surface area contributed by atoms with Gasteiger partial charge in [-0.2, -0.15) is 0 Å². The third kappa shape index (κ3) is 3.47. The number of rotatable bonds is 5. The van der Waals surface area contributed by atoms with E-state index in [1.165, 1.54) is 11.3 Å². The number of benzene rings is 1. The van der Waals surface area contributed by atoms with E-state index in [1.54, 1.807) is 6.20 Å². The Kier molecular flexibility index (Phi) is 4.95. The zero-order valence-corrected chi connectivity index (χ0v) is 19.7. The third-order valence-corrected chi connectivity index (χ3v) is 7.54. The van der Waals surface area contributed by atoms with E-state index in [9.17, 15) is 9.59 Å². The average Bonchev–Trinajstić information content (AvgIpc) is 3.14. The summed E-state index contributed by atoms with van der Waals surface area (Å²) in [5.41, 5.74) is 3.31. The number of piperidine rings is 1. The van der Waals surface area contributed by atoms with Crippen molar-refractivity contribution < 1.29 is 9.59 Å². The lowest BCUT2D eigenvalue weighted by Crippen LogP contribution is -2.45. The number of aryl methyl sites for hydroxylation is 2. The number of hydrogen-bond donors (Lipinski definition) is 1. The number of nitrogens with zero attached hydrogens (tertiary/aromatic N) is 5. The normalized spacial score (nSPS) is 21.0. The minimum absolute atomic E-state index is 0.0590. The fourth-order valence-corrected chi connectivity index (χ4v) is 5.86. The van der Waals surface area contributed by atoms with Crippen LogP contribution in [-0.4, -0.2) is 54.7 Å². The standard InChI is InChI=1S/C25H24N6O2S/c1-14-22(30-8-9-34-25(30)28-14)23(32)27-12-18-10-17-11-20(17)31(18)24(33)19-13-26-15(2)29-21(19)16-6-4-3-5-7-16/h3-9,13,17-18,20H,10-12H2,1-2H3,(H,27,32)/t17-,18+,20+/m1/s1. The molecule has 8 nitrogen and oxygen atoms in total. The Bertz CT molecular complexity index is 1410. The number of thiazole rings is 1. The van der Waals surface area contributed by atoms with Crippen molar-refractivity contribution in [3.63, 3.8) is 0 Å². The van der Waals surface area contributed by atoms with E-state index in [0.717, 1.165) is 23.4 Å². The maximum Gasteiger partial charge on any atom is 0.270 e. The van der Waals surface area contributed by atoms with Gasteiger partial charge in [0.15, 0.2) is 4.96 Å². The number of carbonyl (C=O) groups excluding carboxylic acids is 2. The molecule has 1 aliphatic heterocycles. The average molecular weight is 473 g/mol. The number of likely N-dealkylation sites (tertiary alicyclic amines) is 1. The predicted octanol–water partition coefficient (Wildman–Crippen LogP) is 3.50. The van der Waals surface area contributed by atoms with Crippen LogP contribution in [-0.2, 0) is 0 Å². The number of aromatic nitrogens is 4. The van der Waals surface area contributed by atoms with Gasteiger partial charge in [0.1, 0.15) is 11.5 Å². The zero-order chi connectivity index (χ0) is 23.4. The van der Waals surface area contributed by atoms with Crippen LogP contribution < -0.4 is 5.32 Å². The van der Waals surface area contributed by atoms with Gasteiger partial charge < -0.3 is 10.2 Å². The molecule has 1 saturated carbocycles. The molecule has 4 heterocycles. The van der Waals surface area contributed by atoms with E-state index in [1.807, 2.05) is 65.1 Å². The van der Waals surface area contributed by atoms with Crippen molar-refractivity contribution in [2.45, 2.75) is 38.8 Å². The summed E-state index contributed by atoms with van der Waals surface area (Å²) in [6.45, 7) is 4.08. The molecule has 1 aliphatic carbocycles. The second kappa shape index (κ2) is 8.02. The molecule has 0 spiro atoms. The lowest BCUT2D eigenvalue weighted by molar-refractivity contribution is 0.0688. The molecule has 2 amide bonds. The van der Waals surface area contributed by atoms with Crippen LogP contribution in [0.3, 0.4) is 0 Å².